The third-order valence-electron chi connectivity index (χ3n) is 3.85. The predicted molar refractivity (Wildman–Crippen MR) is 84.2 cm³/mol. The zero-order chi connectivity index (χ0) is 15.0. The number of para-hydroxylation sites is 2. The molecular weight excluding hydrogens is 287 g/mol. The standard InChI is InChI=1S/C17H16ClFN2/c1-11-7-8-13(9-14(11)19)12(2)21-16-6-4-3-5-15(16)20-17(21)10-18/h3-9,12H,10H2,1-2H3. The Balaban J connectivity index is 2.16. The number of fused-ring (bicyclic) bond motifs is 1. The SMILES string of the molecule is Cc1ccc(C(C)n2c(CCl)nc3ccccc32)cc1F. The van der Waals surface area contributed by atoms with Crippen molar-refractivity contribution in [3.8, 4) is 0 Å². The van der Waals surface area contributed by atoms with Crippen molar-refractivity contribution in [1.29, 1.82) is 0 Å². The molecule has 0 bridgehead atoms. The number of hydrogen-bond acceptors (Lipinski definition) is 1. The lowest BCUT2D eigenvalue weighted by molar-refractivity contribution is 0.596. The van der Waals surface area contributed by atoms with Gasteiger partial charge in [-0.05, 0) is 43.2 Å². The van der Waals surface area contributed by atoms with Crippen LogP contribution in [0.3, 0.4) is 0 Å². The van der Waals surface area contributed by atoms with Crippen LogP contribution in [0, 0.1) is 12.7 Å². The van der Waals surface area contributed by atoms with Gasteiger partial charge in [0.15, 0.2) is 0 Å². The maximum atomic E-state index is 13.8. The van der Waals surface area contributed by atoms with Crippen LogP contribution in [0.5, 0.6) is 0 Å². The average molecular weight is 303 g/mol. The molecule has 3 aromatic rings. The fourth-order valence-electron chi connectivity index (χ4n) is 2.64. The quantitative estimate of drug-likeness (QED) is 0.634. The molecule has 1 atom stereocenters. The zero-order valence-electron chi connectivity index (χ0n) is 12.0. The van der Waals surface area contributed by atoms with Crippen molar-refractivity contribution in [3.05, 3.63) is 65.2 Å². The maximum absolute atomic E-state index is 13.8. The van der Waals surface area contributed by atoms with Crippen LogP contribution >= 0.6 is 11.6 Å². The summed E-state index contributed by atoms with van der Waals surface area (Å²) in [6.45, 7) is 3.80. The summed E-state index contributed by atoms with van der Waals surface area (Å²) in [7, 11) is 0. The molecule has 1 unspecified atom stereocenters. The highest BCUT2D eigenvalue weighted by Crippen LogP contribution is 2.27. The third kappa shape index (κ3) is 2.42. The van der Waals surface area contributed by atoms with Crippen LogP contribution in [-0.4, -0.2) is 9.55 Å². The fourth-order valence-corrected chi connectivity index (χ4v) is 2.83. The molecule has 0 spiro atoms. The monoisotopic (exact) mass is 302 g/mol. The number of benzene rings is 2. The third-order valence-corrected chi connectivity index (χ3v) is 4.09. The van der Waals surface area contributed by atoms with E-state index in [9.17, 15) is 4.39 Å². The first kappa shape index (κ1) is 14.1. The summed E-state index contributed by atoms with van der Waals surface area (Å²) in [5, 5.41) is 0. The molecule has 0 radical (unpaired) electrons. The number of alkyl halides is 1. The number of rotatable bonds is 3. The van der Waals surface area contributed by atoms with E-state index in [-0.39, 0.29) is 11.9 Å². The van der Waals surface area contributed by atoms with E-state index in [1.54, 1.807) is 19.1 Å². The van der Waals surface area contributed by atoms with Gasteiger partial charge >= 0.3 is 0 Å². The molecule has 0 saturated heterocycles. The fraction of sp³-hybridized carbons (Fsp3) is 0.235. The van der Waals surface area contributed by atoms with Crippen LogP contribution in [0.4, 0.5) is 4.39 Å². The van der Waals surface area contributed by atoms with Crippen LogP contribution < -0.4 is 0 Å². The van der Waals surface area contributed by atoms with Crippen LogP contribution in [-0.2, 0) is 5.88 Å². The molecule has 2 aromatic carbocycles. The van der Waals surface area contributed by atoms with Gasteiger partial charge < -0.3 is 4.57 Å². The summed E-state index contributed by atoms with van der Waals surface area (Å²) < 4.78 is 15.9. The Morgan fingerprint density at radius 2 is 2.00 bits per heavy atom. The highest BCUT2D eigenvalue weighted by atomic mass is 35.5. The molecule has 3 rings (SSSR count). The molecular formula is C17H16ClFN2. The summed E-state index contributed by atoms with van der Waals surface area (Å²) in [4.78, 5) is 4.55. The Labute approximate surface area is 128 Å². The summed E-state index contributed by atoms with van der Waals surface area (Å²) >= 11 is 6.03. The first-order valence-electron chi connectivity index (χ1n) is 6.89. The molecule has 0 fully saturated rings. The minimum Gasteiger partial charge on any atom is -0.320 e. The van der Waals surface area contributed by atoms with Gasteiger partial charge in [-0.15, -0.1) is 11.6 Å². The molecule has 0 saturated carbocycles. The lowest BCUT2D eigenvalue weighted by atomic mass is 10.1. The lowest BCUT2D eigenvalue weighted by Crippen LogP contribution is -2.10. The van der Waals surface area contributed by atoms with Gasteiger partial charge in [0.2, 0.25) is 0 Å². The van der Waals surface area contributed by atoms with Gasteiger partial charge in [0.1, 0.15) is 11.6 Å². The lowest BCUT2D eigenvalue weighted by Gasteiger charge is -2.18. The van der Waals surface area contributed by atoms with Crippen molar-refractivity contribution >= 4 is 22.6 Å². The Morgan fingerprint density at radius 1 is 1.24 bits per heavy atom. The van der Waals surface area contributed by atoms with E-state index >= 15 is 0 Å². The van der Waals surface area contributed by atoms with Gasteiger partial charge in [-0.25, -0.2) is 9.37 Å². The van der Waals surface area contributed by atoms with Crippen LogP contribution in [0.25, 0.3) is 11.0 Å². The summed E-state index contributed by atoms with van der Waals surface area (Å²) in [5.74, 6) is 0.940. The second kappa shape index (κ2) is 5.49. The van der Waals surface area contributed by atoms with Gasteiger partial charge in [0.05, 0.1) is 23.0 Å². The van der Waals surface area contributed by atoms with Crippen molar-refractivity contribution < 1.29 is 4.39 Å². The van der Waals surface area contributed by atoms with Crippen LogP contribution in [0.2, 0.25) is 0 Å². The summed E-state index contributed by atoms with van der Waals surface area (Å²) in [5.41, 5.74) is 3.49. The normalized spacial score (nSPS) is 12.8. The molecule has 1 aromatic heterocycles. The molecule has 0 N–H and O–H groups in total. The van der Waals surface area contributed by atoms with Crippen molar-refractivity contribution in [3.63, 3.8) is 0 Å². The molecule has 108 valence electrons. The van der Waals surface area contributed by atoms with Crippen molar-refractivity contribution in [1.82, 2.24) is 9.55 Å². The van der Waals surface area contributed by atoms with E-state index < -0.39 is 0 Å². The minimum absolute atomic E-state index is 0.0266. The molecule has 0 aliphatic rings. The number of nitrogens with zero attached hydrogens (tertiary/aromatic N) is 2. The van der Waals surface area contributed by atoms with E-state index in [4.69, 9.17) is 11.6 Å². The Kier molecular flexibility index (Phi) is 3.68. The van der Waals surface area contributed by atoms with Crippen LogP contribution in [0.1, 0.15) is 29.9 Å². The highest BCUT2D eigenvalue weighted by molar-refractivity contribution is 6.16. The Hall–Kier alpha value is -1.87. The molecule has 0 aliphatic carbocycles. The van der Waals surface area contributed by atoms with Crippen LogP contribution in [0.15, 0.2) is 42.5 Å². The molecule has 4 heteroatoms. The predicted octanol–water partition coefficient (Wildman–Crippen LogP) is 4.83. The van der Waals surface area contributed by atoms with Gasteiger partial charge in [-0.2, -0.15) is 0 Å². The minimum atomic E-state index is -0.184. The molecule has 1 heterocycles. The maximum Gasteiger partial charge on any atom is 0.126 e. The largest absolute Gasteiger partial charge is 0.320 e. The smallest absolute Gasteiger partial charge is 0.126 e. The molecule has 0 aliphatic heterocycles. The topological polar surface area (TPSA) is 17.8 Å². The van der Waals surface area contributed by atoms with E-state index in [0.29, 0.717) is 11.4 Å². The van der Waals surface area contributed by atoms with Gasteiger partial charge in [0, 0.05) is 0 Å². The van der Waals surface area contributed by atoms with Crippen molar-refractivity contribution in [2.75, 3.05) is 0 Å². The van der Waals surface area contributed by atoms with Gasteiger partial charge in [0.25, 0.3) is 0 Å². The zero-order valence-corrected chi connectivity index (χ0v) is 12.7. The number of aryl methyl sites for hydroxylation is 1. The second-order valence-corrected chi connectivity index (χ2v) is 5.47. The first-order valence-corrected chi connectivity index (χ1v) is 7.43. The molecule has 2 nitrogen and oxygen atoms in total. The number of hydrogen-bond donors (Lipinski definition) is 0. The van der Waals surface area contributed by atoms with E-state index in [1.165, 1.54) is 0 Å². The average Bonchev–Trinajstić information content (AvgIpc) is 2.87. The number of imidazole rings is 1. The van der Waals surface area contributed by atoms with Crippen molar-refractivity contribution in [2.45, 2.75) is 25.8 Å². The Morgan fingerprint density at radius 3 is 2.71 bits per heavy atom. The number of aromatic nitrogens is 2. The van der Waals surface area contributed by atoms with Crippen molar-refractivity contribution in [2.24, 2.45) is 0 Å². The Bertz CT molecular complexity index is 795. The summed E-state index contributed by atoms with van der Waals surface area (Å²) in [6, 6.07) is 13.2. The highest BCUT2D eigenvalue weighted by Gasteiger charge is 2.17. The van der Waals surface area contributed by atoms with Gasteiger partial charge in [-0.3, -0.25) is 0 Å². The van der Waals surface area contributed by atoms with Gasteiger partial charge in [-0.1, -0.05) is 24.3 Å². The number of halogens is 2. The second-order valence-electron chi connectivity index (χ2n) is 5.20. The van der Waals surface area contributed by atoms with E-state index in [0.717, 1.165) is 22.4 Å². The first-order chi connectivity index (χ1) is 10.1. The molecule has 0 amide bonds. The summed E-state index contributed by atoms with van der Waals surface area (Å²) in [6.07, 6.45) is 0. The molecule has 21 heavy (non-hydrogen) atoms. The van der Waals surface area contributed by atoms with E-state index in [2.05, 4.69) is 9.55 Å². The van der Waals surface area contributed by atoms with E-state index in [1.807, 2.05) is 37.3 Å².